The maximum atomic E-state index is 11.8. The highest BCUT2D eigenvalue weighted by molar-refractivity contribution is 6.03. The fourth-order valence-electron chi connectivity index (χ4n) is 3.16. The number of ether oxygens (including phenoxy) is 2. The van der Waals surface area contributed by atoms with Crippen LogP contribution in [0, 0.1) is 0 Å². The minimum absolute atomic E-state index is 0.0856. The molecule has 5 nitrogen and oxygen atoms in total. The Labute approximate surface area is 149 Å². The highest BCUT2D eigenvalue weighted by Crippen LogP contribution is 2.44. The van der Waals surface area contributed by atoms with Crippen molar-refractivity contribution in [2.45, 2.75) is 0 Å². The summed E-state index contributed by atoms with van der Waals surface area (Å²) in [6.45, 7) is 0. The maximum absolute atomic E-state index is 11.8. The van der Waals surface area contributed by atoms with E-state index in [0.29, 0.717) is 22.8 Å². The standard InChI is InChI=1S/C21H16O5/c1-24-14-5-8-18(25-2)17(11-14)21-15-6-3-12(22)9-19(15)26-20-10-13(23)4-7-16(20)21/h3-11,22H,1-2H3. The normalized spacial score (nSPS) is 11.0. The Morgan fingerprint density at radius 2 is 1.73 bits per heavy atom. The average Bonchev–Trinajstić information content (AvgIpc) is 2.65. The second kappa shape index (κ2) is 6.11. The quantitative estimate of drug-likeness (QED) is 0.560. The molecule has 4 rings (SSSR count). The second-order valence-corrected chi connectivity index (χ2v) is 5.88. The molecule has 2 aromatic carbocycles. The average molecular weight is 348 g/mol. The topological polar surface area (TPSA) is 68.9 Å². The van der Waals surface area contributed by atoms with Gasteiger partial charge in [0.2, 0.25) is 0 Å². The van der Waals surface area contributed by atoms with Gasteiger partial charge in [-0.15, -0.1) is 0 Å². The summed E-state index contributed by atoms with van der Waals surface area (Å²) < 4.78 is 16.8. The van der Waals surface area contributed by atoms with Crippen molar-refractivity contribution in [3.8, 4) is 39.7 Å². The first-order chi connectivity index (χ1) is 12.6. The third kappa shape index (κ3) is 2.54. The molecular formula is C21H16O5. The Hall–Kier alpha value is -3.47. The number of phenols is 1. The molecule has 5 heteroatoms. The Bertz CT molecular complexity index is 1140. The lowest BCUT2D eigenvalue weighted by molar-refractivity contribution is 0.404. The zero-order chi connectivity index (χ0) is 18.3. The minimum Gasteiger partial charge on any atom is -0.508 e. The van der Waals surface area contributed by atoms with E-state index in [1.54, 1.807) is 32.4 Å². The Kier molecular flexibility index (Phi) is 3.77. The van der Waals surface area contributed by atoms with Crippen molar-refractivity contribution >= 4 is 11.0 Å². The van der Waals surface area contributed by atoms with Gasteiger partial charge in [0.05, 0.1) is 14.2 Å². The predicted molar refractivity (Wildman–Crippen MR) is 99.3 cm³/mol. The van der Waals surface area contributed by atoms with Crippen LogP contribution in [0.5, 0.6) is 17.2 Å². The van der Waals surface area contributed by atoms with Crippen LogP contribution in [-0.4, -0.2) is 19.3 Å². The Morgan fingerprint density at radius 1 is 0.885 bits per heavy atom. The molecule has 0 amide bonds. The highest BCUT2D eigenvalue weighted by Gasteiger charge is 2.20. The van der Waals surface area contributed by atoms with Gasteiger partial charge in [-0.3, -0.25) is 4.79 Å². The minimum atomic E-state index is -0.149. The molecule has 2 aromatic rings. The Morgan fingerprint density at radius 3 is 2.50 bits per heavy atom. The van der Waals surface area contributed by atoms with Crippen LogP contribution in [0.15, 0.2) is 63.8 Å². The van der Waals surface area contributed by atoms with Crippen molar-refractivity contribution < 1.29 is 19.0 Å². The molecule has 1 aliphatic carbocycles. The van der Waals surface area contributed by atoms with E-state index in [1.165, 1.54) is 18.2 Å². The molecule has 130 valence electrons. The lowest BCUT2D eigenvalue weighted by atomic mass is 9.93. The van der Waals surface area contributed by atoms with Crippen LogP contribution in [0.1, 0.15) is 0 Å². The van der Waals surface area contributed by atoms with Crippen LogP contribution < -0.4 is 14.9 Å². The molecular weight excluding hydrogens is 332 g/mol. The number of hydrogen-bond donors (Lipinski definition) is 1. The number of fused-ring (bicyclic) bond motifs is 2. The first-order valence-corrected chi connectivity index (χ1v) is 8.02. The van der Waals surface area contributed by atoms with Crippen LogP contribution in [0.4, 0.5) is 0 Å². The van der Waals surface area contributed by atoms with E-state index < -0.39 is 0 Å². The third-order valence-electron chi connectivity index (χ3n) is 4.35. The number of rotatable bonds is 3. The summed E-state index contributed by atoms with van der Waals surface area (Å²) in [5.74, 6) is 1.87. The lowest BCUT2D eigenvalue weighted by Gasteiger charge is -2.17. The summed E-state index contributed by atoms with van der Waals surface area (Å²) in [5.41, 5.74) is 2.75. The van der Waals surface area contributed by atoms with E-state index in [9.17, 15) is 9.90 Å². The number of methoxy groups -OCH3 is 2. The first kappa shape index (κ1) is 16.0. The second-order valence-electron chi connectivity index (χ2n) is 5.88. The van der Waals surface area contributed by atoms with Crippen molar-refractivity contribution in [2.75, 3.05) is 14.2 Å². The molecule has 0 saturated carbocycles. The number of phenolic OH excluding ortho intramolecular Hbond substituents is 1. The molecule has 0 atom stereocenters. The van der Waals surface area contributed by atoms with Crippen molar-refractivity contribution in [1.29, 1.82) is 0 Å². The van der Waals surface area contributed by atoms with Gasteiger partial charge in [0.1, 0.15) is 28.6 Å². The van der Waals surface area contributed by atoms with E-state index >= 15 is 0 Å². The molecule has 0 unspecified atom stereocenters. The molecule has 1 N–H and O–H groups in total. The molecule has 2 aliphatic rings. The molecule has 1 aliphatic heterocycles. The molecule has 0 spiro atoms. The van der Waals surface area contributed by atoms with Crippen LogP contribution in [0.2, 0.25) is 0 Å². The van der Waals surface area contributed by atoms with Gasteiger partial charge in [0.15, 0.2) is 5.43 Å². The molecule has 0 aromatic heterocycles. The number of aromatic hydroxyl groups is 1. The van der Waals surface area contributed by atoms with Crippen molar-refractivity contribution in [3.05, 3.63) is 64.8 Å². The van der Waals surface area contributed by atoms with E-state index in [-0.39, 0.29) is 11.2 Å². The summed E-state index contributed by atoms with van der Waals surface area (Å²) in [6, 6.07) is 15.1. The summed E-state index contributed by atoms with van der Waals surface area (Å²) in [7, 11) is 3.20. The lowest BCUT2D eigenvalue weighted by Crippen LogP contribution is -2.00. The summed E-state index contributed by atoms with van der Waals surface area (Å²) in [6.07, 6.45) is 0. The predicted octanol–water partition coefficient (Wildman–Crippen LogP) is 4.29. The maximum Gasteiger partial charge on any atom is 0.182 e. The third-order valence-corrected chi connectivity index (χ3v) is 4.35. The van der Waals surface area contributed by atoms with Gasteiger partial charge in [0, 0.05) is 34.2 Å². The van der Waals surface area contributed by atoms with Gasteiger partial charge < -0.3 is 19.0 Å². The largest absolute Gasteiger partial charge is 0.508 e. The molecule has 0 radical (unpaired) electrons. The van der Waals surface area contributed by atoms with Gasteiger partial charge >= 0.3 is 0 Å². The zero-order valence-corrected chi connectivity index (χ0v) is 14.3. The fraction of sp³-hybridized carbons (Fsp3) is 0.0952. The van der Waals surface area contributed by atoms with Crippen molar-refractivity contribution in [3.63, 3.8) is 0 Å². The van der Waals surface area contributed by atoms with E-state index in [4.69, 9.17) is 13.9 Å². The van der Waals surface area contributed by atoms with Gasteiger partial charge in [0.25, 0.3) is 0 Å². The van der Waals surface area contributed by atoms with Crippen molar-refractivity contribution in [1.82, 2.24) is 0 Å². The van der Waals surface area contributed by atoms with Gasteiger partial charge in [-0.1, -0.05) is 0 Å². The fourth-order valence-corrected chi connectivity index (χ4v) is 3.16. The van der Waals surface area contributed by atoms with Gasteiger partial charge in [-0.2, -0.15) is 0 Å². The molecule has 0 saturated heterocycles. The van der Waals surface area contributed by atoms with Gasteiger partial charge in [-0.05, 0) is 42.5 Å². The summed E-state index contributed by atoms with van der Waals surface area (Å²) >= 11 is 0. The van der Waals surface area contributed by atoms with E-state index in [0.717, 1.165) is 22.1 Å². The Balaban J connectivity index is 2.19. The zero-order valence-electron chi connectivity index (χ0n) is 14.3. The SMILES string of the molecule is COc1ccc(OC)c(-c2c3ccc(=O)cc-3oc3cc(O)ccc23)c1. The van der Waals surface area contributed by atoms with Crippen LogP contribution in [-0.2, 0) is 0 Å². The molecule has 0 fully saturated rings. The van der Waals surface area contributed by atoms with Crippen molar-refractivity contribution in [2.24, 2.45) is 0 Å². The summed E-state index contributed by atoms with van der Waals surface area (Å²) in [4.78, 5) is 11.8. The smallest absolute Gasteiger partial charge is 0.182 e. The van der Waals surface area contributed by atoms with Crippen LogP contribution >= 0.6 is 0 Å². The van der Waals surface area contributed by atoms with E-state index in [2.05, 4.69) is 0 Å². The van der Waals surface area contributed by atoms with Crippen LogP contribution in [0.3, 0.4) is 0 Å². The highest BCUT2D eigenvalue weighted by atomic mass is 16.5. The molecule has 0 bridgehead atoms. The first-order valence-electron chi connectivity index (χ1n) is 8.02. The number of hydrogen-bond acceptors (Lipinski definition) is 5. The molecule has 26 heavy (non-hydrogen) atoms. The monoisotopic (exact) mass is 348 g/mol. The number of benzene rings is 3. The van der Waals surface area contributed by atoms with E-state index in [1.807, 2.05) is 18.2 Å². The van der Waals surface area contributed by atoms with Crippen LogP contribution in [0.25, 0.3) is 33.4 Å². The van der Waals surface area contributed by atoms with Gasteiger partial charge in [-0.25, -0.2) is 0 Å². The molecule has 1 heterocycles. The summed E-state index contributed by atoms with van der Waals surface area (Å²) in [5, 5.41) is 10.6.